The molecule has 0 bridgehead atoms. The van der Waals surface area contributed by atoms with Crippen LogP contribution < -0.4 is 15.5 Å². The molecule has 216 valence electrons. The van der Waals surface area contributed by atoms with Crippen molar-refractivity contribution < 1.29 is 31.8 Å². The third-order valence-electron chi connectivity index (χ3n) is 7.21. The minimum absolute atomic E-state index is 0.00362. The minimum Gasteiger partial charge on any atom is -0.457 e. The Balaban J connectivity index is 1.38. The molecule has 5 heterocycles. The fourth-order valence-electron chi connectivity index (χ4n) is 5.26. The van der Waals surface area contributed by atoms with E-state index in [0.29, 0.717) is 29.2 Å². The lowest BCUT2D eigenvalue weighted by molar-refractivity contribution is -0.172. The number of morpholine rings is 1. The summed E-state index contributed by atoms with van der Waals surface area (Å²) < 4.78 is 65.1. The predicted molar refractivity (Wildman–Crippen MR) is 137 cm³/mol. The first kappa shape index (κ1) is 27.8. The number of nitrogens with zero attached hydrogens (tertiary/aromatic N) is 6. The summed E-state index contributed by atoms with van der Waals surface area (Å²) in [5.74, 6) is -8.04. The van der Waals surface area contributed by atoms with Gasteiger partial charge in [0.2, 0.25) is 5.91 Å². The van der Waals surface area contributed by atoms with Gasteiger partial charge in [0.15, 0.2) is 12.4 Å². The van der Waals surface area contributed by atoms with Crippen LogP contribution in [0.25, 0.3) is 0 Å². The highest BCUT2D eigenvalue weighted by molar-refractivity contribution is 6.12. The molecular weight excluding hydrogens is 536 g/mol. The van der Waals surface area contributed by atoms with Gasteiger partial charge in [0.25, 0.3) is 6.02 Å². The van der Waals surface area contributed by atoms with Crippen LogP contribution in [-0.4, -0.2) is 82.0 Å². The number of hydrogen-bond acceptors (Lipinski definition) is 9. The standard InChI is InChI=1S/C25H30F4N8O3/c1-13-8-35(9-14(2)40-13)17-6-5-15(7-32-17)37-20-18(23(3,4)21(37)38)19(30)33-16(34-20)10-39-22(31)36-11-24(26,27)25(28,29)12-36/h5-7,13-14,31H,8-12H2,1-4H3,(H2,30,33,34)/t13-,14+. The molecule has 3 aliphatic rings. The Hall–Kier alpha value is -3.75. The molecule has 5 rings (SSSR count). The lowest BCUT2D eigenvalue weighted by Gasteiger charge is -2.36. The Bertz CT molecular complexity index is 1310. The number of rotatable bonds is 4. The van der Waals surface area contributed by atoms with Crippen LogP contribution >= 0.6 is 0 Å². The predicted octanol–water partition coefficient (Wildman–Crippen LogP) is 3.06. The number of hydrogen-bond donors (Lipinski definition) is 2. The summed E-state index contributed by atoms with van der Waals surface area (Å²) in [5, 5.41) is 7.86. The maximum atomic E-state index is 13.5. The Labute approximate surface area is 227 Å². The molecule has 3 aliphatic heterocycles. The van der Waals surface area contributed by atoms with Gasteiger partial charge in [-0.25, -0.2) is 15.0 Å². The van der Waals surface area contributed by atoms with Crippen molar-refractivity contribution in [1.82, 2.24) is 19.9 Å². The first-order valence-corrected chi connectivity index (χ1v) is 12.7. The SMILES string of the molecule is C[C@@H]1CN(c2ccc(N3C(=O)C(C)(C)c4c(N)nc(COC(=N)N5CC(F)(F)C(F)(F)C5)nc43)cn2)C[C@H](C)O1. The third kappa shape index (κ3) is 4.65. The number of aromatic nitrogens is 3. The van der Waals surface area contributed by atoms with E-state index in [0.717, 1.165) is 5.82 Å². The number of carbonyl (C=O) groups is 1. The van der Waals surface area contributed by atoms with Crippen LogP contribution in [0.1, 0.15) is 39.1 Å². The summed E-state index contributed by atoms with van der Waals surface area (Å²) in [5.41, 5.74) is 5.96. The molecule has 15 heteroatoms. The van der Waals surface area contributed by atoms with Crippen LogP contribution in [0.2, 0.25) is 0 Å². The molecule has 1 amide bonds. The summed E-state index contributed by atoms with van der Waals surface area (Å²) in [6, 6.07) is 2.67. The Morgan fingerprint density at radius 2 is 1.75 bits per heavy atom. The van der Waals surface area contributed by atoms with Crippen molar-refractivity contribution >= 4 is 35.1 Å². The number of nitrogen functional groups attached to an aromatic ring is 1. The van der Waals surface area contributed by atoms with E-state index in [1.807, 2.05) is 13.8 Å². The van der Waals surface area contributed by atoms with E-state index in [-0.39, 0.29) is 35.6 Å². The van der Waals surface area contributed by atoms with Crippen LogP contribution in [0.3, 0.4) is 0 Å². The number of fused-ring (bicyclic) bond motifs is 1. The molecule has 0 aromatic carbocycles. The lowest BCUT2D eigenvalue weighted by Crippen LogP contribution is -2.45. The van der Waals surface area contributed by atoms with Gasteiger partial charge in [-0.3, -0.25) is 15.1 Å². The summed E-state index contributed by atoms with van der Waals surface area (Å²) in [6.07, 6.45) is 1.64. The van der Waals surface area contributed by atoms with Gasteiger partial charge < -0.3 is 25.0 Å². The number of amidine groups is 1. The second-order valence-electron chi connectivity index (χ2n) is 10.9. The highest BCUT2D eigenvalue weighted by Gasteiger charge is 2.63. The number of amides is 1. The van der Waals surface area contributed by atoms with Crippen LogP contribution in [0.4, 0.5) is 40.7 Å². The smallest absolute Gasteiger partial charge is 0.329 e. The number of alkyl halides is 4. The summed E-state index contributed by atoms with van der Waals surface area (Å²) in [7, 11) is 0. The molecule has 11 nitrogen and oxygen atoms in total. The van der Waals surface area contributed by atoms with E-state index in [1.165, 1.54) is 4.90 Å². The fourth-order valence-corrected chi connectivity index (χ4v) is 5.26. The van der Waals surface area contributed by atoms with Gasteiger partial charge in [-0.15, -0.1) is 0 Å². The zero-order valence-electron chi connectivity index (χ0n) is 22.4. The Morgan fingerprint density at radius 3 is 2.33 bits per heavy atom. The van der Waals surface area contributed by atoms with Crippen molar-refractivity contribution in [2.75, 3.05) is 41.7 Å². The van der Waals surface area contributed by atoms with E-state index < -0.39 is 43.0 Å². The summed E-state index contributed by atoms with van der Waals surface area (Å²) in [4.78, 5) is 30.6. The average molecular weight is 567 g/mol. The van der Waals surface area contributed by atoms with Gasteiger partial charge in [-0.05, 0) is 39.8 Å². The van der Waals surface area contributed by atoms with Gasteiger partial charge in [0.1, 0.15) is 17.5 Å². The van der Waals surface area contributed by atoms with Crippen molar-refractivity contribution in [2.45, 2.75) is 63.8 Å². The van der Waals surface area contributed by atoms with Crippen LogP contribution in [0, 0.1) is 5.41 Å². The quantitative estimate of drug-likeness (QED) is 0.325. The van der Waals surface area contributed by atoms with Crippen LogP contribution in [0.15, 0.2) is 18.3 Å². The first-order valence-electron chi connectivity index (χ1n) is 12.7. The van der Waals surface area contributed by atoms with Crippen molar-refractivity contribution in [1.29, 1.82) is 5.41 Å². The second-order valence-corrected chi connectivity index (χ2v) is 10.9. The van der Waals surface area contributed by atoms with Gasteiger partial charge in [0, 0.05) is 13.1 Å². The number of nitrogens with two attached hydrogens (primary N) is 1. The van der Waals surface area contributed by atoms with E-state index in [1.54, 1.807) is 32.2 Å². The maximum absolute atomic E-state index is 13.5. The Morgan fingerprint density at radius 1 is 1.12 bits per heavy atom. The summed E-state index contributed by atoms with van der Waals surface area (Å²) >= 11 is 0. The number of likely N-dealkylation sites (tertiary alicyclic amines) is 1. The monoisotopic (exact) mass is 566 g/mol. The molecule has 0 aliphatic carbocycles. The number of halogens is 4. The largest absolute Gasteiger partial charge is 0.457 e. The summed E-state index contributed by atoms with van der Waals surface area (Å²) in [6.45, 7) is 5.47. The van der Waals surface area contributed by atoms with E-state index in [4.69, 9.17) is 20.6 Å². The molecule has 2 fully saturated rings. The van der Waals surface area contributed by atoms with Gasteiger partial charge >= 0.3 is 11.8 Å². The average Bonchev–Trinajstić information content (AvgIpc) is 3.20. The molecule has 2 aromatic heterocycles. The van der Waals surface area contributed by atoms with Crippen molar-refractivity contribution in [3.8, 4) is 0 Å². The van der Waals surface area contributed by atoms with E-state index in [9.17, 15) is 22.4 Å². The molecule has 2 saturated heterocycles. The maximum Gasteiger partial charge on any atom is 0.329 e. The molecule has 2 aromatic rings. The molecule has 40 heavy (non-hydrogen) atoms. The minimum atomic E-state index is -4.29. The van der Waals surface area contributed by atoms with Crippen molar-refractivity contribution in [3.05, 3.63) is 29.7 Å². The zero-order chi connectivity index (χ0) is 29.2. The van der Waals surface area contributed by atoms with E-state index in [2.05, 4.69) is 19.9 Å². The highest BCUT2D eigenvalue weighted by atomic mass is 19.3. The van der Waals surface area contributed by atoms with Crippen molar-refractivity contribution in [3.63, 3.8) is 0 Å². The molecular formula is C25H30F4N8O3. The van der Waals surface area contributed by atoms with Crippen LogP contribution in [0.5, 0.6) is 0 Å². The molecule has 3 N–H and O–H groups in total. The molecule has 0 spiro atoms. The van der Waals surface area contributed by atoms with Gasteiger partial charge in [-0.2, -0.15) is 17.6 Å². The zero-order valence-corrected chi connectivity index (χ0v) is 22.4. The number of nitrogens with one attached hydrogen (secondary N) is 1. The van der Waals surface area contributed by atoms with Gasteiger partial charge in [0.05, 0.1) is 48.2 Å². The number of pyridine rings is 1. The second kappa shape index (κ2) is 9.42. The number of ether oxygens (including phenoxy) is 2. The number of anilines is 4. The van der Waals surface area contributed by atoms with Crippen molar-refractivity contribution in [2.24, 2.45) is 0 Å². The third-order valence-corrected chi connectivity index (χ3v) is 7.21. The van der Waals surface area contributed by atoms with Crippen LogP contribution in [-0.2, 0) is 26.3 Å². The topological polar surface area (TPSA) is 134 Å². The van der Waals surface area contributed by atoms with E-state index >= 15 is 0 Å². The lowest BCUT2D eigenvalue weighted by atomic mass is 9.87. The fraction of sp³-hybridized carbons (Fsp3) is 0.560. The normalized spacial score (nSPS) is 24.8. The molecule has 2 atom stereocenters. The first-order chi connectivity index (χ1) is 18.6. The molecule has 0 unspecified atom stereocenters. The van der Waals surface area contributed by atoms with Gasteiger partial charge in [-0.1, -0.05) is 0 Å². The molecule has 0 saturated carbocycles. The highest BCUT2D eigenvalue weighted by Crippen LogP contribution is 2.46. The Kier molecular flexibility index (Phi) is 6.55. The number of carbonyl (C=O) groups excluding carboxylic acids is 1. The molecule has 0 radical (unpaired) electrons.